The number of rotatable bonds is 3. The summed E-state index contributed by atoms with van der Waals surface area (Å²) in [5.41, 5.74) is 2.27. The summed E-state index contributed by atoms with van der Waals surface area (Å²) in [5.74, 6) is 0.0552. The van der Waals surface area contributed by atoms with E-state index < -0.39 is 11.2 Å². The highest BCUT2D eigenvalue weighted by atomic mass is 79.9. The largest absolute Gasteiger partial charge is 0.329 e. The van der Waals surface area contributed by atoms with Crippen molar-refractivity contribution in [2.24, 2.45) is 0 Å². The van der Waals surface area contributed by atoms with Gasteiger partial charge in [0.1, 0.15) is 0 Å². The normalized spacial score (nSPS) is 15.7. The van der Waals surface area contributed by atoms with E-state index in [2.05, 4.69) is 25.9 Å². The van der Waals surface area contributed by atoms with Gasteiger partial charge in [0.25, 0.3) is 11.5 Å². The molecule has 148 valence electrons. The van der Waals surface area contributed by atoms with Gasteiger partial charge >= 0.3 is 5.69 Å². The van der Waals surface area contributed by atoms with Crippen LogP contribution in [0.1, 0.15) is 47.3 Å². The van der Waals surface area contributed by atoms with Crippen LogP contribution in [0.5, 0.6) is 0 Å². The van der Waals surface area contributed by atoms with E-state index in [1.165, 1.54) is 4.57 Å². The highest BCUT2D eigenvalue weighted by Gasteiger charge is 2.32. The minimum atomic E-state index is -0.567. The number of nitrogens with zero attached hydrogens (tertiary/aromatic N) is 3. The van der Waals surface area contributed by atoms with Gasteiger partial charge in [-0.1, -0.05) is 15.9 Å². The summed E-state index contributed by atoms with van der Waals surface area (Å²) in [6.45, 7) is 2.74. The van der Waals surface area contributed by atoms with Crippen LogP contribution >= 0.6 is 15.9 Å². The number of hydrogen-bond donors (Lipinski definition) is 1. The van der Waals surface area contributed by atoms with E-state index in [4.69, 9.17) is 0 Å². The van der Waals surface area contributed by atoms with Crippen molar-refractivity contribution in [2.75, 3.05) is 11.4 Å². The second-order valence-corrected chi connectivity index (χ2v) is 8.47. The number of halogens is 1. The van der Waals surface area contributed by atoms with Crippen molar-refractivity contribution in [1.82, 2.24) is 14.5 Å². The van der Waals surface area contributed by atoms with Crippen LogP contribution in [0.4, 0.5) is 5.69 Å². The van der Waals surface area contributed by atoms with Crippen molar-refractivity contribution in [3.05, 3.63) is 66.4 Å². The lowest BCUT2D eigenvalue weighted by Crippen LogP contribution is -2.34. The Kier molecular flexibility index (Phi) is 4.20. The van der Waals surface area contributed by atoms with Gasteiger partial charge in [-0.05, 0) is 56.0 Å². The molecule has 1 aromatic carbocycles. The fourth-order valence-electron chi connectivity index (χ4n) is 4.07. The van der Waals surface area contributed by atoms with Gasteiger partial charge in [0, 0.05) is 34.9 Å². The molecule has 0 saturated heterocycles. The summed E-state index contributed by atoms with van der Waals surface area (Å²) in [6, 6.07) is 7.59. The van der Waals surface area contributed by atoms with Crippen molar-refractivity contribution in [3.8, 4) is 0 Å². The molecule has 2 aromatic heterocycles. The number of amides is 1. The lowest BCUT2D eigenvalue weighted by Gasteiger charge is -2.19. The molecule has 1 aliphatic carbocycles. The molecule has 0 spiro atoms. The molecule has 0 atom stereocenters. The number of aryl methyl sites for hydroxylation is 1. The first-order chi connectivity index (χ1) is 14.0. The first-order valence-corrected chi connectivity index (χ1v) is 10.5. The maximum atomic E-state index is 13.6. The quantitative estimate of drug-likeness (QED) is 0.658. The number of H-pyrrole nitrogens is 1. The average Bonchev–Trinajstić information content (AvgIpc) is 3.46. The van der Waals surface area contributed by atoms with E-state index >= 15 is 0 Å². The van der Waals surface area contributed by atoms with Gasteiger partial charge in [-0.3, -0.25) is 19.1 Å². The summed E-state index contributed by atoms with van der Waals surface area (Å²) in [6.07, 6.45) is 2.77. The zero-order chi connectivity index (χ0) is 20.3. The first-order valence-electron chi connectivity index (χ1n) is 9.76. The highest BCUT2D eigenvalue weighted by molar-refractivity contribution is 9.10. The number of nitrogens with one attached hydrogen (secondary N) is 1. The molecule has 2 aliphatic rings. The van der Waals surface area contributed by atoms with Gasteiger partial charge in [0.15, 0.2) is 5.65 Å². The number of hydrogen-bond acceptors (Lipinski definition) is 4. The van der Waals surface area contributed by atoms with Gasteiger partial charge in [-0.2, -0.15) is 0 Å². The highest BCUT2D eigenvalue weighted by Crippen LogP contribution is 2.40. The Hall–Kier alpha value is -2.74. The Morgan fingerprint density at radius 2 is 2.07 bits per heavy atom. The second-order valence-electron chi connectivity index (χ2n) is 7.55. The number of benzene rings is 1. The predicted molar refractivity (Wildman–Crippen MR) is 114 cm³/mol. The van der Waals surface area contributed by atoms with Crippen molar-refractivity contribution >= 4 is 38.6 Å². The Labute approximate surface area is 174 Å². The maximum Gasteiger partial charge on any atom is 0.329 e. The Morgan fingerprint density at radius 1 is 1.28 bits per heavy atom. The molecule has 0 bridgehead atoms. The van der Waals surface area contributed by atoms with Gasteiger partial charge in [-0.15, -0.1) is 0 Å². The van der Waals surface area contributed by atoms with Gasteiger partial charge in [0.05, 0.1) is 10.9 Å². The molecular weight excluding hydrogens is 436 g/mol. The molecule has 1 amide bonds. The topological polar surface area (TPSA) is 88.1 Å². The Bertz CT molecular complexity index is 1290. The van der Waals surface area contributed by atoms with Crippen LogP contribution in [0.15, 0.2) is 38.3 Å². The molecule has 1 saturated carbocycles. The number of carbonyl (C=O) groups is 1. The molecule has 0 radical (unpaired) electrons. The van der Waals surface area contributed by atoms with Crippen molar-refractivity contribution in [2.45, 2.75) is 38.6 Å². The molecule has 29 heavy (non-hydrogen) atoms. The Morgan fingerprint density at radius 3 is 2.79 bits per heavy atom. The van der Waals surface area contributed by atoms with E-state index in [1.807, 2.05) is 25.1 Å². The molecule has 1 N–H and O–H groups in total. The number of pyridine rings is 1. The monoisotopic (exact) mass is 454 g/mol. The van der Waals surface area contributed by atoms with E-state index in [0.717, 1.165) is 40.7 Å². The molecule has 1 fully saturated rings. The van der Waals surface area contributed by atoms with Crippen LogP contribution in [0, 0.1) is 0 Å². The molecule has 8 heteroatoms. The fraction of sp³-hybridized carbons (Fsp3) is 0.333. The van der Waals surface area contributed by atoms with Crippen LogP contribution in [-0.2, 0) is 13.0 Å². The number of aromatic nitrogens is 3. The lowest BCUT2D eigenvalue weighted by atomic mass is 10.1. The van der Waals surface area contributed by atoms with Crippen LogP contribution in [0.2, 0.25) is 0 Å². The number of anilines is 1. The zero-order valence-corrected chi connectivity index (χ0v) is 17.5. The molecule has 1 aliphatic heterocycles. The lowest BCUT2D eigenvalue weighted by molar-refractivity contribution is 0.0990. The van der Waals surface area contributed by atoms with Crippen LogP contribution in [0.3, 0.4) is 0 Å². The summed E-state index contributed by atoms with van der Waals surface area (Å²) in [7, 11) is 0. The average molecular weight is 455 g/mol. The molecular formula is C21H19BrN4O3. The third-order valence-corrected chi connectivity index (χ3v) is 6.19. The SMILES string of the molecule is CCn1c(=O)[nH]c(=O)c2c(C(=O)N3CCc4cc(Br)ccc43)cc(C3CC3)nc21. The van der Waals surface area contributed by atoms with Gasteiger partial charge < -0.3 is 4.90 Å². The van der Waals surface area contributed by atoms with Crippen molar-refractivity contribution in [3.63, 3.8) is 0 Å². The standard InChI is InChI=1S/C21H19BrN4O3/c1-2-25-18-17(19(27)24-21(25)29)14(10-15(23-18)11-3-4-11)20(28)26-8-7-12-9-13(22)5-6-16(12)26/h5-6,9-11H,2-4,7-8H2,1H3,(H,24,27,29). The third-order valence-electron chi connectivity index (χ3n) is 5.69. The van der Waals surface area contributed by atoms with E-state index in [0.29, 0.717) is 24.3 Å². The minimum absolute atomic E-state index is 0.186. The second kappa shape index (κ2) is 6.66. The molecule has 7 nitrogen and oxygen atoms in total. The fourth-order valence-corrected chi connectivity index (χ4v) is 4.48. The van der Waals surface area contributed by atoms with Crippen LogP contribution in [-0.4, -0.2) is 27.0 Å². The van der Waals surface area contributed by atoms with E-state index in [9.17, 15) is 14.4 Å². The molecule has 0 unspecified atom stereocenters. The molecule has 5 rings (SSSR count). The van der Waals surface area contributed by atoms with E-state index in [1.54, 1.807) is 11.0 Å². The van der Waals surface area contributed by atoms with E-state index in [-0.39, 0.29) is 17.2 Å². The predicted octanol–water partition coefficient (Wildman–Crippen LogP) is 2.95. The number of carbonyl (C=O) groups excluding carboxylic acids is 1. The molecule has 3 heterocycles. The number of aromatic amines is 1. The van der Waals surface area contributed by atoms with Crippen molar-refractivity contribution in [1.29, 1.82) is 0 Å². The molecule has 3 aromatic rings. The summed E-state index contributed by atoms with van der Waals surface area (Å²) >= 11 is 3.47. The smallest absolute Gasteiger partial charge is 0.308 e. The zero-order valence-electron chi connectivity index (χ0n) is 15.9. The van der Waals surface area contributed by atoms with Crippen LogP contribution in [0.25, 0.3) is 11.0 Å². The summed E-state index contributed by atoms with van der Waals surface area (Å²) in [4.78, 5) is 47.3. The van der Waals surface area contributed by atoms with Gasteiger partial charge in [-0.25, -0.2) is 9.78 Å². The minimum Gasteiger partial charge on any atom is -0.308 e. The maximum absolute atomic E-state index is 13.6. The first kappa shape index (κ1) is 18.3. The third kappa shape index (κ3) is 2.93. The summed E-state index contributed by atoms with van der Waals surface area (Å²) < 4.78 is 2.40. The Balaban J connectivity index is 1.74. The summed E-state index contributed by atoms with van der Waals surface area (Å²) in [5, 5.41) is 0.186. The number of fused-ring (bicyclic) bond motifs is 2. The van der Waals surface area contributed by atoms with Gasteiger partial charge in [0.2, 0.25) is 0 Å². The van der Waals surface area contributed by atoms with Crippen LogP contribution < -0.4 is 16.1 Å². The van der Waals surface area contributed by atoms with Crippen molar-refractivity contribution < 1.29 is 4.79 Å².